The second kappa shape index (κ2) is 8.37. The molecule has 6 aromatic rings. The first-order chi connectivity index (χ1) is 17.3. The lowest BCUT2D eigenvalue weighted by Crippen LogP contribution is -2.12. The summed E-state index contributed by atoms with van der Waals surface area (Å²) in [5, 5.41) is 4.64. The number of aromatic nitrogens is 1. The topological polar surface area (TPSA) is 39.2 Å². The third-order valence-electron chi connectivity index (χ3n) is 7.02. The molecule has 0 bridgehead atoms. The number of furan rings is 2. The van der Waals surface area contributed by atoms with E-state index in [4.69, 9.17) is 13.8 Å². The number of pyridine rings is 1. The molecular formula is C33H31NO2. The first kappa shape index (κ1) is 22.6. The van der Waals surface area contributed by atoms with E-state index >= 15 is 0 Å². The summed E-state index contributed by atoms with van der Waals surface area (Å²) < 4.78 is 11.8. The summed E-state index contributed by atoms with van der Waals surface area (Å²) >= 11 is 0. The highest BCUT2D eigenvalue weighted by atomic mass is 16.3. The zero-order valence-corrected chi connectivity index (χ0v) is 21.6. The summed E-state index contributed by atoms with van der Waals surface area (Å²) in [5.74, 6) is 0.558. The van der Waals surface area contributed by atoms with E-state index in [2.05, 4.69) is 95.3 Å². The van der Waals surface area contributed by atoms with Crippen molar-refractivity contribution >= 4 is 32.8 Å². The van der Waals surface area contributed by atoms with Crippen LogP contribution in [-0.2, 0) is 11.8 Å². The number of fused-ring (bicyclic) bond motifs is 3. The van der Waals surface area contributed by atoms with E-state index in [0.717, 1.165) is 45.2 Å². The molecule has 0 aliphatic carbocycles. The SMILES string of the molecule is CC(C)Cc1ccc(-c2cc(-c3cc(C(C)(C)C)c4ccccc4c3)nc3occc23)c2ccoc12. The number of benzene rings is 3. The lowest BCUT2D eigenvalue weighted by Gasteiger charge is -2.23. The van der Waals surface area contributed by atoms with Crippen LogP contribution in [0.2, 0.25) is 0 Å². The summed E-state index contributed by atoms with van der Waals surface area (Å²) in [6.07, 6.45) is 4.51. The van der Waals surface area contributed by atoms with Crippen LogP contribution < -0.4 is 0 Å². The van der Waals surface area contributed by atoms with Crippen LogP contribution in [0.1, 0.15) is 45.7 Å². The minimum Gasteiger partial charge on any atom is -0.464 e. The lowest BCUT2D eigenvalue weighted by molar-refractivity contribution is 0.595. The van der Waals surface area contributed by atoms with E-state index in [1.54, 1.807) is 12.5 Å². The van der Waals surface area contributed by atoms with Crippen molar-refractivity contribution in [1.82, 2.24) is 4.98 Å². The molecule has 0 spiro atoms. The van der Waals surface area contributed by atoms with Crippen molar-refractivity contribution in [2.75, 3.05) is 0 Å². The van der Waals surface area contributed by atoms with Crippen molar-refractivity contribution in [3.63, 3.8) is 0 Å². The maximum absolute atomic E-state index is 5.98. The maximum atomic E-state index is 5.98. The van der Waals surface area contributed by atoms with Gasteiger partial charge in [0.1, 0.15) is 5.58 Å². The fourth-order valence-electron chi connectivity index (χ4n) is 5.35. The normalized spacial score (nSPS) is 12.4. The molecule has 6 rings (SSSR count). The summed E-state index contributed by atoms with van der Waals surface area (Å²) in [7, 11) is 0. The molecule has 0 unspecified atom stereocenters. The van der Waals surface area contributed by atoms with Crippen molar-refractivity contribution in [3.05, 3.63) is 90.4 Å². The van der Waals surface area contributed by atoms with E-state index in [9.17, 15) is 0 Å². The molecule has 0 atom stereocenters. The van der Waals surface area contributed by atoms with Crippen LogP contribution >= 0.6 is 0 Å². The van der Waals surface area contributed by atoms with Gasteiger partial charge in [0.15, 0.2) is 0 Å². The Labute approximate surface area is 211 Å². The monoisotopic (exact) mass is 473 g/mol. The zero-order chi connectivity index (χ0) is 25.0. The van der Waals surface area contributed by atoms with Gasteiger partial charge >= 0.3 is 0 Å². The van der Waals surface area contributed by atoms with Crippen molar-refractivity contribution < 1.29 is 8.83 Å². The van der Waals surface area contributed by atoms with Crippen LogP contribution in [0.25, 0.3) is 55.2 Å². The quantitative estimate of drug-likeness (QED) is 0.256. The van der Waals surface area contributed by atoms with Crippen molar-refractivity contribution in [3.8, 4) is 22.4 Å². The fourth-order valence-corrected chi connectivity index (χ4v) is 5.35. The van der Waals surface area contributed by atoms with Crippen molar-refractivity contribution in [2.24, 2.45) is 5.92 Å². The molecule has 3 aromatic heterocycles. The van der Waals surface area contributed by atoms with E-state index in [1.165, 1.54) is 21.9 Å². The highest BCUT2D eigenvalue weighted by molar-refractivity contribution is 6.04. The molecule has 0 aliphatic heterocycles. The van der Waals surface area contributed by atoms with Gasteiger partial charge in [0.2, 0.25) is 5.71 Å². The Morgan fingerprint density at radius 3 is 2.36 bits per heavy atom. The second-order valence-electron chi connectivity index (χ2n) is 11.2. The van der Waals surface area contributed by atoms with Gasteiger partial charge in [-0.15, -0.1) is 0 Å². The minimum atomic E-state index is 0.00241. The number of hydrogen-bond acceptors (Lipinski definition) is 3. The molecule has 36 heavy (non-hydrogen) atoms. The van der Waals surface area contributed by atoms with Gasteiger partial charge in [0.05, 0.1) is 18.2 Å². The van der Waals surface area contributed by atoms with Gasteiger partial charge in [-0.05, 0) is 81.1 Å². The maximum Gasteiger partial charge on any atom is 0.227 e. The Bertz CT molecular complexity index is 1730. The zero-order valence-electron chi connectivity index (χ0n) is 21.6. The molecule has 0 radical (unpaired) electrons. The molecular weight excluding hydrogens is 442 g/mol. The Hall–Kier alpha value is -3.85. The van der Waals surface area contributed by atoms with E-state index in [1.807, 2.05) is 6.07 Å². The van der Waals surface area contributed by atoms with E-state index in [-0.39, 0.29) is 5.41 Å². The number of hydrogen-bond donors (Lipinski definition) is 0. The molecule has 0 N–H and O–H groups in total. The van der Waals surface area contributed by atoms with Gasteiger partial charge in [0, 0.05) is 16.3 Å². The molecule has 0 amide bonds. The molecule has 0 aliphatic rings. The molecule has 3 nitrogen and oxygen atoms in total. The minimum absolute atomic E-state index is 0.00241. The summed E-state index contributed by atoms with van der Waals surface area (Å²) in [6.45, 7) is 11.3. The van der Waals surface area contributed by atoms with Crippen molar-refractivity contribution in [1.29, 1.82) is 0 Å². The Morgan fingerprint density at radius 2 is 1.56 bits per heavy atom. The van der Waals surface area contributed by atoms with Crippen LogP contribution in [0.4, 0.5) is 0 Å². The summed E-state index contributed by atoms with van der Waals surface area (Å²) in [5.41, 5.74) is 8.43. The smallest absolute Gasteiger partial charge is 0.227 e. The second-order valence-corrected chi connectivity index (χ2v) is 11.2. The van der Waals surface area contributed by atoms with E-state index < -0.39 is 0 Å². The molecule has 0 fully saturated rings. The van der Waals surface area contributed by atoms with Crippen LogP contribution in [0.15, 0.2) is 88.1 Å². The predicted molar refractivity (Wildman–Crippen MR) is 149 cm³/mol. The standard InChI is InChI=1S/C33H31NO2/c1-20(2)16-22-10-11-25(26-12-14-35-31(22)26)28-19-30(34-32-27(28)13-15-36-32)23-17-21-8-6-7-9-24(21)29(18-23)33(3,4)5/h6-15,17-20H,16H2,1-5H3. The number of rotatable bonds is 4. The highest BCUT2D eigenvalue weighted by Crippen LogP contribution is 2.40. The molecule has 0 saturated carbocycles. The van der Waals surface area contributed by atoms with Crippen LogP contribution in [-0.4, -0.2) is 4.98 Å². The Morgan fingerprint density at radius 1 is 0.778 bits per heavy atom. The average molecular weight is 474 g/mol. The first-order valence-electron chi connectivity index (χ1n) is 12.7. The Kier molecular flexibility index (Phi) is 5.26. The van der Waals surface area contributed by atoms with Crippen LogP contribution in [0.5, 0.6) is 0 Å². The summed E-state index contributed by atoms with van der Waals surface area (Å²) in [6, 6.07) is 23.9. The van der Waals surface area contributed by atoms with Gasteiger partial charge in [-0.25, -0.2) is 4.98 Å². The van der Waals surface area contributed by atoms with Crippen LogP contribution in [0, 0.1) is 5.92 Å². The van der Waals surface area contributed by atoms with Gasteiger partial charge in [-0.1, -0.05) is 71.0 Å². The molecule has 3 aromatic carbocycles. The van der Waals surface area contributed by atoms with Gasteiger partial charge in [0.25, 0.3) is 0 Å². The third-order valence-corrected chi connectivity index (χ3v) is 7.02. The highest BCUT2D eigenvalue weighted by Gasteiger charge is 2.21. The lowest BCUT2D eigenvalue weighted by atomic mass is 9.82. The average Bonchev–Trinajstić information content (AvgIpc) is 3.52. The molecule has 3 heterocycles. The third kappa shape index (κ3) is 3.80. The molecule has 180 valence electrons. The number of nitrogens with zero attached hydrogens (tertiary/aromatic N) is 1. The van der Waals surface area contributed by atoms with Crippen molar-refractivity contribution in [2.45, 2.75) is 46.5 Å². The van der Waals surface area contributed by atoms with Crippen LogP contribution in [0.3, 0.4) is 0 Å². The van der Waals surface area contributed by atoms with Gasteiger partial charge < -0.3 is 8.83 Å². The molecule has 0 saturated heterocycles. The van der Waals surface area contributed by atoms with E-state index in [0.29, 0.717) is 11.6 Å². The van der Waals surface area contributed by atoms with Gasteiger partial charge in [-0.3, -0.25) is 0 Å². The molecule has 3 heteroatoms. The predicted octanol–water partition coefficient (Wildman–Crippen LogP) is 9.56. The largest absolute Gasteiger partial charge is 0.464 e. The van der Waals surface area contributed by atoms with Gasteiger partial charge in [-0.2, -0.15) is 0 Å². The first-order valence-corrected chi connectivity index (χ1v) is 12.7. The fraction of sp³-hybridized carbons (Fsp3) is 0.242. The summed E-state index contributed by atoms with van der Waals surface area (Å²) in [4.78, 5) is 4.96. The Balaban J connectivity index is 1.60.